The maximum absolute atomic E-state index is 13.8. The number of carbonyl (C=O) groups is 2. The molecule has 9 atom stereocenters. The summed E-state index contributed by atoms with van der Waals surface area (Å²) >= 11 is 0. The van der Waals surface area contributed by atoms with E-state index in [4.69, 9.17) is 19.6 Å². The Balaban J connectivity index is 1.08. The highest BCUT2D eigenvalue weighted by Crippen LogP contribution is 2.70. The SMILES string of the molecule is C[C@]12C=CC(=O)C=C1CC[C@@H]1[C@@H]2[C@@H](O)C[C@@]2(C)[C@H]1C[C@H]1O[C@@H](c3ccc(Cc4ccc(N)c5ocnc45)cc3)O[C@]12C(=O)CO. The third kappa shape index (κ3) is 3.91. The number of aliphatic hydroxyl groups excluding tert-OH is 2. The Hall–Kier alpha value is -3.63. The van der Waals surface area contributed by atoms with Gasteiger partial charge in [-0.2, -0.15) is 0 Å². The molecule has 9 nitrogen and oxygen atoms in total. The number of hydrogen-bond acceptors (Lipinski definition) is 9. The molecule has 1 saturated heterocycles. The van der Waals surface area contributed by atoms with Gasteiger partial charge in [-0.15, -0.1) is 0 Å². The Kier molecular flexibility index (Phi) is 6.36. The van der Waals surface area contributed by atoms with E-state index in [1.54, 1.807) is 12.2 Å². The Morgan fingerprint density at radius 1 is 1.16 bits per heavy atom. The van der Waals surface area contributed by atoms with E-state index < -0.39 is 47.3 Å². The first-order chi connectivity index (χ1) is 21.6. The molecule has 0 radical (unpaired) electrons. The number of ether oxygens (including phenoxy) is 2. The van der Waals surface area contributed by atoms with Crippen LogP contribution in [0.1, 0.15) is 62.5 Å². The van der Waals surface area contributed by atoms with E-state index in [2.05, 4.69) is 11.9 Å². The van der Waals surface area contributed by atoms with E-state index in [1.165, 1.54) is 6.39 Å². The molecule has 0 amide bonds. The summed E-state index contributed by atoms with van der Waals surface area (Å²) in [6.07, 6.45) is 7.87. The Morgan fingerprint density at radius 2 is 1.96 bits per heavy atom. The van der Waals surface area contributed by atoms with Gasteiger partial charge in [0, 0.05) is 22.3 Å². The summed E-state index contributed by atoms with van der Waals surface area (Å²) in [4.78, 5) is 30.3. The van der Waals surface area contributed by atoms with Crippen molar-refractivity contribution in [3.63, 3.8) is 0 Å². The molecule has 9 heteroatoms. The topological polar surface area (TPSA) is 145 Å². The maximum atomic E-state index is 13.8. The smallest absolute Gasteiger partial charge is 0.193 e. The molecule has 4 N–H and O–H groups in total. The second-order valence-electron chi connectivity index (χ2n) is 14.1. The predicted octanol–water partition coefficient (Wildman–Crippen LogP) is 4.60. The van der Waals surface area contributed by atoms with E-state index >= 15 is 0 Å². The number of Topliss-reactive ketones (excluding diaryl/α,β-unsaturated/α-hetero) is 1. The van der Waals surface area contributed by atoms with Crippen molar-refractivity contribution >= 4 is 28.4 Å². The van der Waals surface area contributed by atoms with Crippen LogP contribution in [0.5, 0.6) is 0 Å². The number of ketones is 2. The first-order valence-corrected chi connectivity index (χ1v) is 15.9. The molecule has 2 heterocycles. The van der Waals surface area contributed by atoms with Gasteiger partial charge >= 0.3 is 0 Å². The molecule has 1 aliphatic heterocycles. The average Bonchev–Trinajstić information content (AvgIpc) is 3.73. The highest BCUT2D eigenvalue weighted by Gasteiger charge is 2.75. The van der Waals surface area contributed by atoms with Crippen molar-refractivity contribution in [2.24, 2.45) is 28.6 Å². The predicted molar refractivity (Wildman–Crippen MR) is 165 cm³/mol. The van der Waals surface area contributed by atoms with Gasteiger partial charge in [-0.25, -0.2) is 4.98 Å². The lowest BCUT2D eigenvalue weighted by molar-refractivity contribution is -0.201. The van der Waals surface area contributed by atoms with Crippen LogP contribution in [0.3, 0.4) is 0 Å². The monoisotopic (exact) mass is 610 g/mol. The summed E-state index contributed by atoms with van der Waals surface area (Å²) in [5, 5.41) is 22.1. The normalized spacial score (nSPS) is 38.4. The number of nitrogens with two attached hydrogens (primary N) is 1. The number of fused-ring (bicyclic) bond motifs is 8. The minimum Gasteiger partial charge on any atom is -0.441 e. The van der Waals surface area contributed by atoms with Crippen molar-refractivity contribution in [3.8, 4) is 0 Å². The van der Waals surface area contributed by atoms with Crippen LogP contribution in [0.2, 0.25) is 0 Å². The Labute approximate surface area is 261 Å². The van der Waals surface area contributed by atoms with E-state index in [-0.39, 0.29) is 23.5 Å². The quantitative estimate of drug-likeness (QED) is 0.353. The Morgan fingerprint density at radius 3 is 2.73 bits per heavy atom. The molecule has 4 aliphatic carbocycles. The molecule has 234 valence electrons. The standard InChI is InChI=1S/C36H38N2O7/c1-34-12-11-23(40)14-22(34)8-9-24-25-15-29-36(28(42)17-39,35(25,2)16-27(41)30(24)34)45-33(44-29)20-5-3-19(4-6-20)13-21-7-10-26(37)32-31(21)38-18-43-32/h3-7,10-12,14,18,24-25,27,29-30,33,39,41H,8-9,13,15-17,37H2,1-2H3/t24-,25-,27-,29+,30+,33+,34-,35-,36+/m0/s1. The van der Waals surface area contributed by atoms with Gasteiger partial charge < -0.3 is 29.8 Å². The number of carbonyl (C=O) groups excluding carboxylic acids is 2. The van der Waals surface area contributed by atoms with Crippen LogP contribution in [0.4, 0.5) is 5.69 Å². The molecule has 1 aromatic heterocycles. The number of benzene rings is 2. The molecular weight excluding hydrogens is 572 g/mol. The van der Waals surface area contributed by atoms with Crippen LogP contribution in [0.25, 0.3) is 11.1 Å². The third-order valence-corrected chi connectivity index (χ3v) is 12.0. The van der Waals surface area contributed by atoms with E-state index in [1.807, 2.05) is 49.4 Å². The number of nitrogens with zero attached hydrogens (tertiary/aromatic N) is 1. The molecule has 45 heavy (non-hydrogen) atoms. The van der Waals surface area contributed by atoms with Crippen LogP contribution >= 0.6 is 0 Å². The van der Waals surface area contributed by atoms with Crippen molar-refractivity contribution in [1.29, 1.82) is 0 Å². The van der Waals surface area contributed by atoms with Gasteiger partial charge in [0.2, 0.25) is 0 Å². The van der Waals surface area contributed by atoms with Crippen LogP contribution in [0, 0.1) is 28.6 Å². The number of anilines is 1. The van der Waals surface area contributed by atoms with Gasteiger partial charge in [0.1, 0.15) is 12.1 Å². The minimum absolute atomic E-state index is 0.00245. The summed E-state index contributed by atoms with van der Waals surface area (Å²) in [6, 6.07) is 11.7. The molecular formula is C36H38N2O7. The second-order valence-corrected chi connectivity index (χ2v) is 14.1. The fourth-order valence-corrected chi connectivity index (χ4v) is 10.0. The summed E-state index contributed by atoms with van der Waals surface area (Å²) < 4.78 is 18.8. The summed E-state index contributed by atoms with van der Waals surface area (Å²) in [5.41, 5.74) is 9.29. The lowest BCUT2D eigenvalue weighted by Crippen LogP contribution is -2.63. The molecule has 4 fully saturated rings. The van der Waals surface area contributed by atoms with Crippen molar-refractivity contribution in [2.45, 2.75) is 70.1 Å². The maximum Gasteiger partial charge on any atom is 0.193 e. The van der Waals surface area contributed by atoms with Crippen LogP contribution in [-0.2, 0) is 25.5 Å². The van der Waals surface area contributed by atoms with Crippen LogP contribution in [-0.4, -0.2) is 51.2 Å². The first kappa shape index (κ1) is 28.8. The van der Waals surface area contributed by atoms with Crippen molar-refractivity contribution in [2.75, 3.05) is 12.3 Å². The molecule has 2 aromatic carbocycles. The van der Waals surface area contributed by atoms with E-state index in [9.17, 15) is 19.8 Å². The second kappa shape index (κ2) is 9.93. The highest BCUT2D eigenvalue weighted by atomic mass is 16.7. The lowest BCUT2D eigenvalue weighted by Gasteiger charge is -2.59. The van der Waals surface area contributed by atoms with Crippen molar-refractivity contribution in [1.82, 2.24) is 4.98 Å². The van der Waals surface area contributed by atoms with Crippen LogP contribution in [0.15, 0.2) is 71.0 Å². The van der Waals surface area contributed by atoms with Gasteiger partial charge in [-0.1, -0.05) is 55.8 Å². The van der Waals surface area contributed by atoms with Gasteiger partial charge in [0.15, 0.2) is 35.4 Å². The fourth-order valence-electron chi connectivity index (χ4n) is 10.0. The molecule has 5 aliphatic rings. The molecule has 3 aromatic rings. The molecule has 0 unspecified atom stereocenters. The number of hydrogen-bond donors (Lipinski definition) is 3. The lowest BCUT2D eigenvalue weighted by atomic mass is 9.46. The number of nitrogen functional groups attached to an aromatic ring is 1. The zero-order valence-corrected chi connectivity index (χ0v) is 25.4. The van der Waals surface area contributed by atoms with Gasteiger partial charge in [0.05, 0.1) is 17.9 Å². The first-order valence-electron chi connectivity index (χ1n) is 15.9. The number of aromatic nitrogens is 1. The Bertz CT molecular complexity index is 1780. The van der Waals surface area contributed by atoms with Crippen LogP contribution < -0.4 is 5.73 Å². The van der Waals surface area contributed by atoms with Gasteiger partial charge in [0.25, 0.3) is 0 Å². The fraction of sp³-hybridized carbons (Fsp3) is 0.472. The zero-order chi connectivity index (χ0) is 31.3. The molecule has 0 spiro atoms. The number of allylic oxidation sites excluding steroid dienone is 4. The number of oxazole rings is 1. The number of aliphatic hydroxyl groups is 2. The summed E-state index contributed by atoms with van der Waals surface area (Å²) in [7, 11) is 0. The van der Waals surface area contributed by atoms with Gasteiger partial charge in [-0.3, -0.25) is 9.59 Å². The molecule has 3 saturated carbocycles. The van der Waals surface area contributed by atoms with Crippen molar-refractivity contribution < 1.29 is 33.7 Å². The molecule has 8 rings (SSSR count). The minimum atomic E-state index is -1.38. The summed E-state index contributed by atoms with van der Waals surface area (Å²) in [5.74, 6) is -0.317. The highest BCUT2D eigenvalue weighted by molar-refractivity contribution is 6.01. The average molecular weight is 611 g/mol. The zero-order valence-electron chi connectivity index (χ0n) is 25.4. The largest absolute Gasteiger partial charge is 0.441 e. The van der Waals surface area contributed by atoms with Gasteiger partial charge in [-0.05, 0) is 73.3 Å². The molecule has 0 bridgehead atoms. The van der Waals surface area contributed by atoms with E-state index in [0.29, 0.717) is 30.5 Å². The summed E-state index contributed by atoms with van der Waals surface area (Å²) in [6.45, 7) is 3.51. The van der Waals surface area contributed by atoms with Crippen molar-refractivity contribution in [3.05, 3.63) is 83.3 Å². The third-order valence-electron chi connectivity index (χ3n) is 12.0. The number of rotatable bonds is 5. The van der Waals surface area contributed by atoms with E-state index in [0.717, 1.165) is 40.6 Å².